The Hall–Kier alpha value is -2.25. The van der Waals surface area contributed by atoms with Gasteiger partial charge in [0.2, 0.25) is 0 Å². The van der Waals surface area contributed by atoms with Crippen LogP contribution >= 0.6 is 15.9 Å². The lowest BCUT2D eigenvalue weighted by Crippen LogP contribution is -2.37. The number of amides is 1. The SMILES string of the molecule is C[Si](C)(C)CCOCn1ncc(N[C@H]2CCC[C@@H](CN3Cc4cc(Br)c(F)cc4C3=O)C2)c(C(F)(F)F)c1=O. The summed E-state index contributed by atoms with van der Waals surface area (Å²) in [4.78, 5) is 27.2. The van der Waals surface area contributed by atoms with E-state index >= 15 is 0 Å². The van der Waals surface area contributed by atoms with Crippen LogP contribution in [0, 0.1) is 11.7 Å². The van der Waals surface area contributed by atoms with Crippen LogP contribution in [0.1, 0.15) is 47.2 Å². The van der Waals surface area contributed by atoms with E-state index in [-0.39, 0.29) is 30.3 Å². The summed E-state index contributed by atoms with van der Waals surface area (Å²) in [5.41, 5.74) is -1.80. The van der Waals surface area contributed by atoms with Crippen molar-refractivity contribution in [1.29, 1.82) is 0 Å². The number of hydrogen-bond acceptors (Lipinski definition) is 5. The number of alkyl halides is 3. The van der Waals surface area contributed by atoms with Gasteiger partial charge in [0.1, 0.15) is 18.1 Å². The molecule has 2 aliphatic rings. The van der Waals surface area contributed by atoms with Crippen molar-refractivity contribution in [2.45, 2.75) is 76.9 Å². The first-order valence-corrected chi connectivity index (χ1v) is 17.5. The maximum absolute atomic E-state index is 14.0. The van der Waals surface area contributed by atoms with Crippen molar-refractivity contribution in [1.82, 2.24) is 14.7 Å². The highest BCUT2D eigenvalue weighted by atomic mass is 79.9. The van der Waals surface area contributed by atoms with Crippen molar-refractivity contribution in [2.75, 3.05) is 18.5 Å². The summed E-state index contributed by atoms with van der Waals surface area (Å²) >= 11 is 3.15. The Bertz CT molecular complexity index is 1280. The topological polar surface area (TPSA) is 76.5 Å². The van der Waals surface area contributed by atoms with Gasteiger partial charge < -0.3 is 15.0 Å². The van der Waals surface area contributed by atoms with Crippen LogP contribution in [0.4, 0.5) is 23.2 Å². The normalized spacial score (nSPS) is 19.9. The highest BCUT2D eigenvalue weighted by Gasteiger charge is 2.39. The molecule has 2 atom stereocenters. The Balaban J connectivity index is 1.42. The number of carbonyl (C=O) groups excluding carboxylic acids is 1. The van der Waals surface area contributed by atoms with Crippen LogP contribution in [0.15, 0.2) is 27.6 Å². The highest BCUT2D eigenvalue weighted by molar-refractivity contribution is 9.10. The van der Waals surface area contributed by atoms with Gasteiger partial charge in [-0.2, -0.15) is 18.3 Å². The van der Waals surface area contributed by atoms with Crippen LogP contribution in [-0.4, -0.2) is 47.9 Å². The average Bonchev–Trinajstić information content (AvgIpc) is 3.11. The third-order valence-electron chi connectivity index (χ3n) is 7.18. The molecular weight excluding hydrogens is 600 g/mol. The molecule has 1 aliphatic heterocycles. The van der Waals surface area contributed by atoms with Crippen LogP contribution in [-0.2, 0) is 24.2 Å². The van der Waals surface area contributed by atoms with Crippen molar-refractivity contribution < 1.29 is 27.1 Å². The molecule has 13 heteroatoms. The Kier molecular flexibility index (Phi) is 8.91. The Morgan fingerprint density at radius 3 is 2.64 bits per heavy atom. The largest absolute Gasteiger partial charge is 0.423 e. The second-order valence-electron chi connectivity index (χ2n) is 11.6. The number of anilines is 1. The van der Waals surface area contributed by atoms with Crippen LogP contribution < -0.4 is 10.9 Å². The summed E-state index contributed by atoms with van der Waals surface area (Å²) in [5, 5.41) is 6.86. The minimum Gasteiger partial charge on any atom is -0.380 e. The number of rotatable bonds is 9. The molecule has 1 aliphatic carbocycles. The molecule has 4 rings (SSSR count). The molecule has 214 valence electrons. The lowest BCUT2D eigenvalue weighted by atomic mass is 9.85. The first kappa shape index (κ1) is 29.7. The molecule has 0 bridgehead atoms. The fraction of sp³-hybridized carbons (Fsp3) is 0.577. The van der Waals surface area contributed by atoms with E-state index in [1.165, 1.54) is 6.07 Å². The quantitative estimate of drug-likeness (QED) is 0.205. The lowest BCUT2D eigenvalue weighted by molar-refractivity contribution is -0.138. The first-order chi connectivity index (χ1) is 18.2. The zero-order valence-electron chi connectivity index (χ0n) is 22.2. The monoisotopic (exact) mass is 632 g/mol. The van der Waals surface area contributed by atoms with E-state index in [2.05, 4.69) is 46.0 Å². The number of hydrogen-bond donors (Lipinski definition) is 1. The summed E-state index contributed by atoms with van der Waals surface area (Å²) in [5.74, 6) is -0.698. The van der Waals surface area contributed by atoms with Crippen molar-refractivity contribution in [3.8, 4) is 0 Å². The summed E-state index contributed by atoms with van der Waals surface area (Å²) < 4.78 is 62.3. The summed E-state index contributed by atoms with van der Waals surface area (Å²) in [6.07, 6.45) is -1.09. The number of nitrogens with one attached hydrogen (secondary N) is 1. The minimum atomic E-state index is -4.87. The van der Waals surface area contributed by atoms with Gasteiger partial charge in [0.25, 0.3) is 11.5 Å². The molecule has 1 N–H and O–H groups in total. The van der Waals surface area contributed by atoms with Gasteiger partial charge in [0, 0.05) is 39.4 Å². The maximum atomic E-state index is 14.0. The third-order valence-corrected chi connectivity index (χ3v) is 9.50. The molecule has 1 aromatic carbocycles. The van der Waals surface area contributed by atoms with Gasteiger partial charge in [-0.3, -0.25) is 9.59 Å². The number of fused-ring (bicyclic) bond motifs is 1. The van der Waals surface area contributed by atoms with E-state index in [1.54, 1.807) is 11.0 Å². The highest BCUT2D eigenvalue weighted by Crippen LogP contribution is 2.35. The summed E-state index contributed by atoms with van der Waals surface area (Å²) in [6.45, 7) is 7.26. The lowest BCUT2D eigenvalue weighted by Gasteiger charge is -2.33. The Morgan fingerprint density at radius 1 is 1.21 bits per heavy atom. The van der Waals surface area contributed by atoms with E-state index in [0.717, 1.165) is 30.6 Å². The number of benzene rings is 1. The second kappa shape index (κ2) is 11.7. The third kappa shape index (κ3) is 7.29. The van der Waals surface area contributed by atoms with Gasteiger partial charge in [0.15, 0.2) is 0 Å². The fourth-order valence-corrected chi connectivity index (χ4v) is 6.27. The molecule has 0 spiro atoms. The van der Waals surface area contributed by atoms with Gasteiger partial charge in [-0.15, -0.1) is 0 Å². The van der Waals surface area contributed by atoms with Crippen LogP contribution in [0.5, 0.6) is 0 Å². The second-order valence-corrected chi connectivity index (χ2v) is 18.0. The van der Waals surface area contributed by atoms with E-state index in [1.807, 2.05) is 0 Å². The molecule has 7 nitrogen and oxygen atoms in total. The van der Waals surface area contributed by atoms with Crippen molar-refractivity contribution in [2.24, 2.45) is 5.92 Å². The van der Waals surface area contributed by atoms with E-state index in [9.17, 15) is 27.2 Å². The minimum absolute atomic E-state index is 0.0465. The molecule has 2 aromatic rings. The van der Waals surface area contributed by atoms with Gasteiger partial charge in [-0.25, -0.2) is 9.07 Å². The average molecular weight is 634 g/mol. The van der Waals surface area contributed by atoms with Crippen LogP contribution in [0.3, 0.4) is 0 Å². The molecule has 2 heterocycles. The molecule has 0 unspecified atom stereocenters. The molecule has 1 aromatic heterocycles. The molecule has 0 radical (unpaired) electrons. The standard InChI is InChI=1S/C26H33BrF4N4O3Si/c1-39(2,3)8-7-38-15-35-25(37)23(26(29,30)31)22(12-32-35)33-18-6-4-5-16(9-18)13-34-14-17-10-20(27)21(28)11-19(17)24(34)36/h10-12,16,18,33H,4-9,13-15H2,1-3H3/t16-,18+/m1/s1. The van der Waals surface area contributed by atoms with E-state index in [0.29, 0.717) is 47.3 Å². The number of aromatic nitrogens is 2. The molecule has 0 saturated heterocycles. The number of ether oxygens (including phenoxy) is 1. The van der Waals surface area contributed by atoms with Gasteiger partial charge in [0.05, 0.1) is 16.4 Å². The van der Waals surface area contributed by atoms with Crippen molar-refractivity contribution in [3.63, 3.8) is 0 Å². The maximum Gasteiger partial charge on any atom is 0.423 e. The molecule has 1 saturated carbocycles. The smallest absolute Gasteiger partial charge is 0.380 e. The van der Waals surface area contributed by atoms with Crippen LogP contribution in [0.25, 0.3) is 0 Å². The zero-order chi connectivity index (χ0) is 28.5. The number of halogens is 5. The first-order valence-electron chi connectivity index (χ1n) is 13.0. The molecule has 1 fully saturated rings. The van der Waals surface area contributed by atoms with Gasteiger partial charge >= 0.3 is 6.18 Å². The van der Waals surface area contributed by atoms with Gasteiger partial charge in [-0.1, -0.05) is 26.1 Å². The zero-order valence-corrected chi connectivity index (χ0v) is 24.8. The summed E-state index contributed by atoms with van der Waals surface area (Å²) in [6, 6.07) is 3.35. The predicted molar refractivity (Wildman–Crippen MR) is 146 cm³/mol. The molecule has 39 heavy (non-hydrogen) atoms. The Morgan fingerprint density at radius 2 is 1.95 bits per heavy atom. The number of carbonyl (C=O) groups is 1. The summed E-state index contributed by atoms with van der Waals surface area (Å²) in [7, 11) is -1.39. The van der Waals surface area contributed by atoms with Crippen molar-refractivity contribution in [3.05, 3.63) is 55.7 Å². The van der Waals surface area contributed by atoms with Crippen LogP contribution in [0.2, 0.25) is 25.7 Å². The number of nitrogens with zero attached hydrogens (tertiary/aromatic N) is 3. The van der Waals surface area contributed by atoms with Gasteiger partial charge in [-0.05, 0) is 64.9 Å². The fourth-order valence-electron chi connectivity index (χ4n) is 5.13. The van der Waals surface area contributed by atoms with Crippen molar-refractivity contribution >= 4 is 35.6 Å². The predicted octanol–water partition coefficient (Wildman–Crippen LogP) is 6.10. The van der Waals surface area contributed by atoms with E-state index in [4.69, 9.17) is 4.74 Å². The van der Waals surface area contributed by atoms with E-state index < -0.39 is 31.2 Å². The Labute approximate surface area is 234 Å². The molecule has 1 amide bonds. The molecular formula is C26H33BrF4N4O3Si.